The summed E-state index contributed by atoms with van der Waals surface area (Å²) in [6.45, 7) is 2.71. The summed E-state index contributed by atoms with van der Waals surface area (Å²) >= 11 is 0. The number of benzene rings is 1. The number of hydroxylamine groups is 1. The number of hydrogen-bond donors (Lipinski definition) is 0. The van der Waals surface area contributed by atoms with Crippen molar-refractivity contribution in [3.8, 4) is 0 Å². The first-order valence-corrected chi connectivity index (χ1v) is 4.79. The minimum absolute atomic E-state index is 0.496. The van der Waals surface area contributed by atoms with E-state index in [1.165, 1.54) is 11.1 Å². The van der Waals surface area contributed by atoms with Gasteiger partial charge in [0.1, 0.15) is 0 Å². The van der Waals surface area contributed by atoms with E-state index in [9.17, 15) is 0 Å². The van der Waals surface area contributed by atoms with Gasteiger partial charge in [-0.15, -0.1) is 0 Å². The van der Waals surface area contributed by atoms with Gasteiger partial charge in [0.05, 0.1) is 26.5 Å². The largest absolute Gasteiger partial charge is 0.467 e. The molecule has 4 heteroatoms. The molecule has 0 saturated heterocycles. The van der Waals surface area contributed by atoms with E-state index in [0.717, 1.165) is 5.69 Å². The average Bonchev–Trinajstić information content (AvgIpc) is 2.28. The number of amidine groups is 1. The Labute approximate surface area is 89.1 Å². The molecule has 0 atom stereocenters. The summed E-state index contributed by atoms with van der Waals surface area (Å²) in [7, 11) is 3.19. The van der Waals surface area contributed by atoms with E-state index in [4.69, 9.17) is 9.57 Å². The number of anilines is 1. The molecule has 0 spiro atoms. The van der Waals surface area contributed by atoms with Gasteiger partial charge in [0.15, 0.2) is 0 Å². The lowest BCUT2D eigenvalue weighted by molar-refractivity contribution is 0.182. The molecule has 2 rings (SSSR count). The van der Waals surface area contributed by atoms with Gasteiger partial charge in [-0.25, -0.2) is 4.99 Å². The highest BCUT2D eigenvalue weighted by atomic mass is 16.7. The monoisotopic (exact) mass is 206 g/mol. The second-order valence-electron chi connectivity index (χ2n) is 3.35. The first-order valence-electron chi connectivity index (χ1n) is 4.79. The normalized spacial score (nSPS) is 14.6. The van der Waals surface area contributed by atoms with E-state index >= 15 is 0 Å². The Kier molecular flexibility index (Phi) is 2.60. The number of aryl methyl sites for hydroxylation is 1. The number of hydrogen-bond acceptors (Lipinski definition) is 4. The number of fused-ring (bicyclic) bond motifs is 1. The number of methoxy groups -OCH3 is 1. The van der Waals surface area contributed by atoms with Crippen LogP contribution in [-0.2, 0) is 16.1 Å². The quantitative estimate of drug-likeness (QED) is 0.703. The molecule has 0 aromatic heterocycles. The van der Waals surface area contributed by atoms with Crippen molar-refractivity contribution >= 4 is 11.7 Å². The molecule has 1 aromatic carbocycles. The Morgan fingerprint density at radius 1 is 1.33 bits per heavy atom. The SMILES string of the molecule is COC1=NCc2c(C)cccc2N1OC. The van der Waals surface area contributed by atoms with Crippen molar-refractivity contribution in [2.45, 2.75) is 13.5 Å². The molecule has 0 aliphatic carbocycles. The van der Waals surface area contributed by atoms with Crippen molar-refractivity contribution in [3.05, 3.63) is 29.3 Å². The number of ether oxygens (including phenoxy) is 1. The smallest absolute Gasteiger partial charge is 0.317 e. The lowest BCUT2D eigenvalue weighted by Gasteiger charge is -2.27. The van der Waals surface area contributed by atoms with Gasteiger partial charge >= 0.3 is 6.02 Å². The number of nitrogens with zero attached hydrogens (tertiary/aromatic N) is 2. The zero-order chi connectivity index (χ0) is 10.8. The number of rotatable bonds is 1. The van der Waals surface area contributed by atoms with Crippen LogP contribution in [0.2, 0.25) is 0 Å². The summed E-state index contributed by atoms with van der Waals surface area (Å²) in [5.74, 6) is 0. The predicted octanol–water partition coefficient (Wildman–Crippen LogP) is 1.88. The van der Waals surface area contributed by atoms with Gasteiger partial charge in [-0.3, -0.25) is 4.84 Å². The molecule has 0 saturated carbocycles. The fraction of sp³-hybridized carbons (Fsp3) is 0.364. The fourth-order valence-electron chi connectivity index (χ4n) is 1.72. The zero-order valence-corrected chi connectivity index (χ0v) is 9.15. The topological polar surface area (TPSA) is 34.1 Å². The Morgan fingerprint density at radius 3 is 2.80 bits per heavy atom. The van der Waals surface area contributed by atoms with Gasteiger partial charge in [-0.2, -0.15) is 5.06 Å². The summed E-state index contributed by atoms with van der Waals surface area (Å²) in [6, 6.07) is 6.56. The Balaban J connectivity index is 2.48. The summed E-state index contributed by atoms with van der Waals surface area (Å²) in [4.78, 5) is 9.55. The van der Waals surface area contributed by atoms with Crippen LogP contribution >= 0.6 is 0 Å². The Hall–Kier alpha value is -1.55. The van der Waals surface area contributed by atoms with Crippen molar-refractivity contribution < 1.29 is 9.57 Å². The summed E-state index contributed by atoms with van der Waals surface area (Å²) < 4.78 is 5.14. The van der Waals surface area contributed by atoms with Crippen LogP contribution in [0, 0.1) is 6.92 Å². The minimum atomic E-state index is 0.496. The first kappa shape index (κ1) is 9.98. The minimum Gasteiger partial charge on any atom is -0.467 e. The van der Waals surface area contributed by atoms with E-state index in [-0.39, 0.29) is 0 Å². The second kappa shape index (κ2) is 3.90. The third-order valence-electron chi connectivity index (χ3n) is 2.52. The molecule has 4 nitrogen and oxygen atoms in total. The summed E-state index contributed by atoms with van der Waals surface area (Å²) in [5.41, 5.74) is 3.40. The molecule has 0 amide bonds. The molecular formula is C11H14N2O2. The van der Waals surface area contributed by atoms with Gasteiger partial charge in [0, 0.05) is 5.56 Å². The molecule has 1 aliphatic rings. The van der Waals surface area contributed by atoms with E-state index in [1.807, 2.05) is 12.1 Å². The molecule has 0 fully saturated rings. The number of aliphatic imine (C=N–C) groups is 1. The highest BCUT2D eigenvalue weighted by molar-refractivity contribution is 5.92. The molecule has 1 aliphatic heterocycles. The molecule has 0 unspecified atom stereocenters. The maximum absolute atomic E-state index is 5.25. The molecular weight excluding hydrogens is 192 g/mol. The predicted molar refractivity (Wildman–Crippen MR) is 58.8 cm³/mol. The van der Waals surface area contributed by atoms with Crippen molar-refractivity contribution in [1.29, 1.82) is 0 Å². The van der Waals surface area contributed by atoms with Crippen LogP contribution in [-0.4, -0.2) is 20.2 Å². The third kappa shape index (κ3) is 1.57. The molecule has 80 valence electrons. The summed E-state index contributed by atoms with van der Waals surface area (Å²) in [6.07, 6.45) is 0. The second-order valence-corrected chi connectivity index (χ2v) is 3.35. The van der Waals surface area contributed by atoms with Crippen LogP contribution in [0.15, 0.2) is 23.2 Å². The van der Waals surface area contributed by atoms with Crippen LogP contribution in [0.5, 0.6) is 0 Å². The highest BCUT2D eigenvalue weighted by Crippen LogP contribution is 2.28. The van der Waals surface area contributed by atoms with Crippen LogP contribution in [0.3, 0.4) is 0 Å². The van der Waals surface area contributed by atoms with E-state index in [2.05, 4.69) is 18.0 Å². The summed E-state index contributed by atoms with van der Waals surface area (Å²) in [5, 5.41) is 1.60. The Bertz CT molecular complexity index is 402. The van der Waals surface area contributed by atoms with E-state index in [0.29, 0.717) is 12.6 Å². The van der Waals surface area contributed by atoms with Gasteiger partial charge < -0.3 is 4.74 Å². The fourth-order valence-corrected chi connectivity index (χ4v) is 1.72. The van der Waals surface area contributed by atoms with Gasteiger partial charge in [0.25, 0.3) is 0 Å². The molecule has 15 heavy (non-hydrogen) atoms. The van der Waals surface area contributed by atoms with Crippen LogP contribution in [0.25, 0.3) is 0 Å². The lowest BCUT2D eigenvalue weighted by atomic mass is 10.1. The maximum atomic E-state index is 5.25. The van der Waals surface area contributed by atoms with Crippen LogP contribution in [0.1, 0.15) is 11.1 Å². The van der Waals surface area contributed by atoms with Crippen molar-refractivity contribution in [2.75, 3.05) is 19.3 Å². The molecule has 0 radical (unpaired) electrons. The first-order chi connectivity index (χ1) is 7.27. The van der Waals surface area contributed by atoms with Gasteiger partial charge in [-0.05, 0) is 18.6 Å². The third-order valence-corrected chi connectivity index (χ3v) is 2.52. The molecule has 1 aromatic rings. The highest BCUT2D eigenvalue weighted by Gasteiger charge is 2.22. The van der Waals surface area contributed by atoms with Crippen molar-refractivity contribution in [2.24, 2.45) is 4.99 Å². The maximum Gasteiger partial charge on any atom is 0.317 e. The zero-order valence-electron chi connectivity index (χ0n) is 9.15. The van der Waals surface area contributed by atoms with Crippen molar-refractivity contribution in [1.82, 2.24) is 0 Å². The standard InChI is InChI=1S/C11H14N2O2/c1-8-5-4-6-10-9(8)7-12-11(14-2)13(10)15-3/h4-6H,7H2,1-3H3. The van der Waals surface area contributed by atoms with E-state index in [1.54, 1.807) is 19.3 Å². The Morgan fingerprint density at radius 2 is 2.13 bits per heavy atom. The molecule has 0 N–H and O–H groups in total. The average molecular weight is 206 g/mol. The lowest BCUT2D eigenvalue weighted by Crippen LogP contribution is -2.34. The molecule has 1 heterocycles. The van der Waals surface area contributed by atoms with Crippen LogP contribution < -0.4 is 5.06 Å². The van der Waals surface area contributed by atoms with Gasteiger partial charge in [-0.1, -0.05) is 12.1 Å². The van der Waals surface area contributed by atoms with Gasteiger partial charge in [0.2, 0.25) is 0 Å². The van der Waals surface area contributed by atoms with Crippen LogP contribution in [0.4, 0.5) is 5.69 Å². The molecule has 0 bridgehead atoms. The van der Waals surface area contributed by atoms with Crippen molar-refractivity contribution in [3.63, 3.8) is 0 Å². The van der Waals surface area contributed by atoms with E-state index < -0.39 is 0 Å².